The second kappa shape index (κ2) is 12.0. The fraction of sp³-hybridized carbons (Fsp3) is 0.387. The van der Waals surface area contributed by atoms with Gasteiger partial charge in [-0.25, -0.2) is 25.0 Å². The zero-order valence-electron chi connectivity index (χ0n) is 24.2. The molecular weight excluding hydrogens is 560 g/mol. The molecule has 2 saturated carbocycles. The predicted octanol–water partition coefficient (Wildman–Crippen LogP) is 4.19. The maximum absolute atomic E-state index is 12.6. The lowest BCUT2D eigenvalue weighted by atomic mass is 10.1. The molecule has 13 nitrogen and oxygen atoms in total. The highest BCUT2D eigenvalue weighted by Crippen LogP contribution is 2.50. The molecule has 0 bridgehead atoms. The normalized spacial score (nSPS) is 18.2. The van der Waals surface area contributed by atoms with Gasteiger partial charge in [0.1, 0.15) is 17.0 Å². The Morgan fingerprint density at radius 3 is 2.57 bits per heavy atom. The van der Waals surface area contributed by atoms with Crippen molar-refractivity contribution in [3.05, 3.63) is 95.4 Å². The number of rotatable bonds is 14. The van der Waals surface area contributed by atoms with E-state index in [0.29, 0.717) is 37.5 Å². The van der Waals surface area contributed by atoms with Crippen molar-refractivity contribution < 1.29 is 14.6 Å². The number of imidazole rings is 2. The highest BCUT2D eigenvalue weighted by Gasteiger charge is 2.37. The SMILES string of the molecule is N=N/C(=C\NCc1cn2cc(C3CC3CCCOC(=O)c3cn(Cc4cn5cc(C6CC6)ccc5n4)nn3)ccc2n1)CO. The van der Waals surface area contributed by atoms with Gasteiger partial charge in [0.2, 0.25) is 0 Å². The Morgan fingerprint density at radius 2 is 1.80 bits per heavy atom. The van der Waals surface area contributed by atoms with E-state index >= 15 is 0 Å². The highest BCUT2D eigenvalue weighted by molar-refractivity contribution is 5.86. The van der Waals surface area contributed by atoms with E-state index in [1.807, 2.05) is 28.9 Å². The second-order valence-electron chi connectivity index (χ2n) is 11.7. The smallest absolute Gasteiger partial charge is 0.360 e. The molecule has 226 valence electrons. The Hall–Kier alpha value is -4.91. The fourth-order valence-electron chi connectivity index (χ4n) is 5.74. The second-order valence-corrected chi connectivity index (χ2v) is 11.7. The Kier molecular flexibility index (Phi) is 7.61. The number of aromatic nitrogens is 7. The van der Waals surface area contributed by atoms with Gasteiger partial charge in [-0.05, 0) is 73.1 Å². The van der Waals surface area contributed by atoms with Crippen LogP contribution in [0.15, 0.2) is 72.3 Å². The van der Waals surface area contributed by atoms with Gasteiger partial charge in [0.25, 0.3) is 0 Å². The number of fused-ring (bicyclic) bond motifs is 2. The molecule has 2 atom stereocenters. The van der Waals surface area contributed by atoms with Gasteiger partial charge in [-0.1, -0.05) is 17.3 Å². The van der Waals surface area contributed by atoms with E-state index in [1.165, 1.54) is 30.2 Å². The molecule has 5 aromatic heterocycles. The number of ether oxygens (including phenoxy) is 1. The number of nitrogens with zero attached hydrogens (tertiary/aromatic N) is 8. The van der Waals surface area contributed by atoms with Crippen LogP contribution in [-0.2, 0) is 17.8 Å². The molecule has 44 heavy (non-hydrogen) atoms. The van der Waals surface area contributed by atoms with Crippen molar-refractivity contribution in [2.75, 3.05) is 13.2 Å². The zero-order chi connectivity index (χ0) is 30.0. The molecule has 0 amide bonds. The minimum atomic E-state index is -0.458. The zero-order valence-corrected chi connectivity index (χ0v) is 24.2. The molecule has 0 radical (unpaired) electrons. The molecule has 5 heterocycles. The fourth-order valence-corrected chi connectivity index (χ4v) is 5.74. The highest BCUT2D eigenvalue weighted by atomic mass is 16.5. The van der Waals surface area contributed by atoms with Gasteiger partial charge in [-0.3, -0.25) is 0 Å². The van der Waals surface area contributed by atoms with Crippen molar-refractivity contribution in [2.45, 2.75) is 57.0 Å². The van der Waals surface area contributed by atoms with Crippen LogP contribution in [0.2, 0.25) is 0 Å². The summed E-state index contributed by atoms with van der Waals surface area (Å²) in [4.78, 5) is 21.8. The summed E-state index contributed by atoms with van der Waals surface area (Å²) in [7, 11) is 0. The maximum atomic E-state index is 12.6. The average molecular weight is 595 g/mol. The van der Waals surface area contributed by atoms with Crippen molar-refractivity contribution in [3.8, 4) is 0 Å². The number of hydrogen-bond donors (Lipinski definition) is 3. The summed E-state index contributed by atoms with van der Waals surface area (Å²) in [5.74, 6) is 1.29. The van der Waals surface area contributed by atoms with Crippen LogP contribution in [0.5, 0.6) is 0 Å². The van der Waals surface area contributed by atoms with E-state index in [4.69, 9.17) is 15.4 Å². The van der Waals surface area contributed by atoms with Gasteiger partial charge in [-0.2, -0.15) is 5.11 Å². The van der Waals surface area contributed by atoms with Crippen molar-refractivity contribution in [1.82, 2.24) is 39.1 Å². The van der Waals surface area contributed by atoms with Crippen LogP contribution in [0.4, 0.5) is 0 Å². The lowest BCUT2D eigenvalue weighted by Crippen LogP contribution is -2.07. The topological polar surface area (TPSA) is 160 Å². The molecule has 7 rings (SSSR count). The van der Waals surface area contributed by atoms with Gasteiger partial charge in [0.05, 0.1) is 43.9 Å². The lowest BCUT2D eigenvalue weighted by Gasteiger charge is -2.04. The number of carbonyl (C=O) groups excluding carboxylic acids is 1. The van der Waals surface area contributed by atoms with Crippen molar-refractivity contribution in [3.63, 3.8) is 0 Å². The van der Waals surface area contributed by atoms with Gasteiger partial charge in [0.15, 0.2) is 5.69 Å². The average Bonchev–Trinajstić information content (AvgIpc) is 3.89. The maximum Gasteiger partial charge on any atom is 0.360 e. The van der Waals surface area contributed by atoms with Gasteiger partial charge >= 0.3 is 5.97 Å². The quantitative estimate of drug-likeness (QED) is 0.0980. The Bertz CT molecular complexity index is 1850. The molecular formula is C31H34N10O3. The van der Waals surface area contributed by atoms with E-state index in [2.05, 4.69) is 59.6 Å². The Labute approximate surface area is 253 Å². The molecule has 0 aliphatic heterocycles. The Balaban J connectivity index is 0.853. The van der Waals surface area contributed by atoms with E-state index < -0.39 is 5.97 Å². The molecule has 0 saturated heterocycles. The van der Waals surface area contributed by atoms with Crippen molar-refractivity contribution >= 4 is 17.3 Å². The van der Waals surface area contributed by atoms with Crippen LogP contribution in [0.3, 0.4) is 0 Å². The summed E-state index contributed by atoms with van der Waals surface area (Å²) in [5, 5.41) is 23.5. The largest absolute Gasteiger partial charge is 0.461 e. The monoisotopic (exact) mass is 594 g/mol. The summed E-state index contributed by atoms with van der Waals surface area (Å²) in [6.45, 7) is 0.964. The first kappa shape index (κ1) is 27.9. The number of nitrogens with one attached hydrogen (secondary N) is 2. The van der Waals surface area contributed by atoms with E-state index in [9.17, 15) is 4.79 Å². The number of pyridine rings is 2. The van der Waals surface area contributed by atoms with Crippen LogP contribution in [0, 0.1) is 11.4 Å². The summed E-state index contributed by atoms with van der Waals surface area (Å²) in [6.07, 6.45) is 16.8. The third-order valence-corrected chi connectivity index (χ3v) is 8.33. The number of hydrogen-bond acceptors (Lipinski definition) is 10. The van der Waals surface area contributed by atoms with Gasteiger partial charge < -0.3 is 24.0 Å². The predicted molar refractivity (Wildman–Crippen MR) is 159 cm³/mol. The van der Waals surface area contributed by atoms with Crippen LogP contribution in [0.25, 0.3) is 11.3 Å². The van der Waals surface area contributed by atoms with E-state index in [1.54, 1.807) is 10.9 Å². The van der Waals surface area contributed by atoms with E-state index in [0.717, 1.165) is 41.9 Å². The molecule has 13 heteroatoms. The molecule has 2 aliphatic rings. The van der Waals surface area contributed by atoms with Crippen LogP contribution < -0.4 is 5.32 Å². The van der Waals surface area contributed by atoms with Crippen molar-refractivity contribution in [2.24, 2.45) is 11.0 Å². The van der Waals surface area contributed by atoms with Crippen LogP contribution in [-0.4, -0.2) is 58.1 Å². The molecule has 0 spiro atoms. The first-order chi connectivity index (χ1) is 21.6. The first-order valence-corrected chi connectivity index (χ1v) is 15.0. The number of esters is 1. The molecule has 5 aromatic rings. The summed E-state index contributed by atoms with van der Waals surface area (Å²) < 4.78 is 11.2. The summed E-state index contributed by atoms with van der Waals surface area (Å²) in [6, 6.07) is 8.36. The van der Waals surface area contributed by atoms with Crippen LogP contribution >= 0.6 is 0 Å². The van der Waals surface area contributed by atoms with Gasteiger partial charge in [0, 0.05) is 31.0 Å². The third kappa shape index (κ3) is 6.23. The number of aliphatic hydroxyl groups excluding tert-OH is 1. The first-order valence-electron chi connectivity index (χ1n) is 15.0. The number of aliphatic hydroxyl groups is 1. The number of carbonyl (C=O) groups is 1. The summed E-state index contributed by atoms with van der Waals surface area (Å²) in [5.41, 5.74) is 13.6. The van der Waals surface area contributed by atoms with Crippen LogP contribution in [0.1, 0.15) is 76.9 Å². The molecule has 3 N–H and O–H groups in total. The Morgan fingerprint density at radius 1 is 1.05 bits per heavy atom. The summed E-state index contributed by atoms with van der Waals surface area (Å²) >= 11 is 0. The molecule has 2 aliphatic carbocycles. The minimum Gasteiger partial charge on any atom is -0.461 e. The third-order valence-electron chi connectivity index (χ3n) is 8.33. The van der Waals surface area contributed by atoms with E-state index in [-0.39, 0.29) is 18.0 Å². The van der Waals surface area contributed by atoms with Crippen molar-refractivity contribution in [1.29, 1.82) is 5.53 Å². The lowest BCUT2D eigenvalue weighted by molar-refractivity contribution is 0.0489. The van der Waals surface area contributed by atoms with Gasteiger partial charge in [-0.15, -0.1) is 5.10 Å². The standard InChI is InChI=1S/C31H34N10O3/c32-36-25(19-42)12-33-11-24-15-40-14-23(6-8-29(40)34-24)27-10-21(27)2-1-9-44-31(43)28-18-41(38-37-28)17-26-16-39-13-22(20-3-4-20)5-7-30(39)35-26/h5-8,12-16,18,20-21,27,32-33,42H,1-4,9-11,17,19H2/b25-12-,36-32?. The molecule has 0 aromatic carbocycles. The molecule has 2 fully saturated rings. The molecule has 2 unspecified atom stereocenters. The minimum absolute atomic E-state index is 0.202.